The van der Waals surface area contributed by atoms with Gasteiger partial charge in [-0.1, -0.05) is 24.1 Å². The van der Waals surface area contributed by atoms with Crippen molar-refractivity contribution < 1.29 is 4.74 Å². The van der Waals surface area contributed by atoms with Crippen molar-refractivity contribution in [2.24, 2.45) is 0 Å². The molecule has 4 rings (SSSR count). The summed E-state index contributed by atoms with van der Waals surface area (Å²) >= 11 is 6.39. The fraction of sp³-hybridized carbons (Fsp3) is 0.278. The third-order valence-corrected chi connectivity index (χ3v) is 4.36. The number of nitrogens with zero attached hydrogens (tertiary/aromatic N) is 4. The van der Waals surface area contributed by atoms with E-state index in [1.807, 2.05) is 34.9 Å². The largest absolute Gasteiger partial charge is 0.381 e. The van der Waals surface area contributed by atoms with Crippen molar-refractivity contribution in [1.29, 1.82) is 0 Å². The lowest BCUT2D eigenvalue weighted by atomic mass is 10.1. The van der Waals surface area contributed by atoms with Gasteiger partial charge in [-0.25, -0.2) is 15.0 Å². The van der Waals surface area contributed by atoms with Crippen molar-refractivity contribution in [3.05, 3.63) is 53.2 Å². The molecule has 1 aromatic carbocycles. The summed E-state index contributed by atoms with van der Waals surface area (Å²) in [5, 5.41) is 0.431. The van der Waals surface area contributed by atoms with Gasteiger partial charge in [0.1, 0.15) is 17.5 Å². The van der Waals surface area contributed by atoms with Crippen LogP contribution in [-0.4, -0.2) is 32.7 Å². The van der Waals surface area contributed by atoms with Gasteiger partial charge in [0.15, 0.2) is 5.65 Å². The number of benzene rings is 1. The molecular weight excluding hydrogens is 324 g/mol. The van der Waals surface area contributed by atoms with E-state index in [2.05, 4.69) is 26.8 Å². The van der Waals surface area contributed by atoms with E-state index in [4.69, 9.17) is 16.3 Å². The molecule has 5 nitrogen and oxygen atoms in total. The Morgan fingerprint density at radius 3 is 2.67 bits per heavy atom. The molecule has 0 saturated carbocycles. The van der Waals surface area contributed by atoms with Crippen LogP contribution in [0, 0.1) is 11.8 Å². The number of hydrogen-bond donors (Lipinski definition) is 0. The summed E-state index contributed by atoms with van der Waals surface area (Å²) in [4.78, 5) is 13.1. The second-order valence-corrected chi connectivity index (χ2v) is 5.94. The lowest BCUT2D eigenvalue weighted by Gasteiger charge is -2.24. The highest BCUT2D eigenvalue weighted by atomic mass is 35.5. The Balaban J connectivity index is 1.77. The van der Waals surface area contributed by atoms with E-state index in [9.17, 15) is 0 Å². The predicted molar refractivity (Wildman–Crippen MR) is 91.8 cm³/mol. The third kappa shape index (κ3) is 2.86. The molecule has 0 amide bonds. The highest BCUT2D eigenvalue weighted by Crippen LogP contribution is 2.29. The SMILES string of the molecule is Clc1nc2c(C#Cc3ccccc3)ncnc2n1C1CCOCC1. The molecule has 0 N–H and O–H groups in total. The summed E-state index contributed by atoms with van der Waals surface area (Å²) in [7, 11) is 0. The van der Waals surface area contributed by atoms with Crippen molar-refractivity contribution in [2.75, 3.05) is 13.2 Å². The Hall–Kier alpha value is -2.42. The average molecular weight is 339 g/mol. The van der Waals surface area contributed by atoms with E-state index < -0.39 is 0 Å². The lowest BCUT2D eigenvalue weighted by Crippen LogP contribution is -2.20. The van der Waals surface area contributed by atoms with Crippen LogP contribution in [0.5, 0.6) is 0 Å². The summed E-state index contributed by atoms with van der Waals surface area (Å²) in [6, 6.07) is 10.0. The Bertz CT molecular complexity index is 921. The maximum atomic E-state index is 6.39. The number of rotatable bonds is 1. The number of aromatic nitrogens is 4. The van der Waals surface area contributed by atoms with Gasteiger partial charge in [-0.2, -0.15) is 0 Å². The van der Waals surface area contributed by atoms with Crippen LogP contribution in [0.25, 0.3) is 11.2 Å². The minimum absolute atomic E-state index is 0.251. The van der Waals surface area contributed by atoms with E-state index in [0.29, 0.717) is 16.5 Å². The van der Waals surface area contributed by atoms with Crippen LogP contribution in [0.4, 0.5) is 0 Å². The number of imidazole rings is 1. The lowest BCUT2D eigenvalue weighted by molar-refractivity contribution is 0.0705. The van der Waals surface area contributed by atoms with E-state index >= 15 is 0 Å². The first kappa shape index (κ1) is 15.1. The second-order valence-electron chi connectivity index (χ2n) is 5.60. The fourth-order valence-electron chi connectivity index (χ4n) is 2.89. The van der Waals surface area contributed by atoms with Gasteiger partial charge in [0.05, 0.1) is 0 Å². The Morgan fingerprint density at radius 2 is 1.88 bits per heavy atom. The molecule has 1 fully saturated rings. The van der Waals surface area contributed by atoms with Gasteiger partial charge in [0.25, 0.3) is 0 Å². The van der Waals surface area contributed by atoms with E-state index in [1.165, 1.54) is 6.33 Å². The van der Waals surface area contributed by atoms with Crippen LogP contribution in [0.1, 0.15) is 30.1 Å². The third-order valence-electron chi connectivity index (χ3n) is 4.09. The van der Waals surface area contributed by atoms with Gasteiger partial charge >= 0.3 is 0 Å². The number of hydrogen-bond acceptors (Lipinski definition) is 4. The molecule has 120 valence electrons. The van der Waals surface area contributed by atoms with Crippen molar-refractivity contribution in [3.63, 3.8) is 0 Å². The van der Waals surface area contributed by atoms with E-state index in [-0.39, 0.29) is 6.04 Å². The standard InChI is InChI=1S/C18H15ClN4O/c19-18-22-16-15(7-6-13-4-2-1-3-5-13)20-12-21-17(16)23(18)14-8-10-24-11-9-14/h1-5,12,14H,8-11H2. The minimum atomic E-state index is 0.251. The van der Waals surface area contributed by atoms with Crippen LogP contribution >= 0.6 is 11.6 Å². The molecule has 0 radical (unpaired) electrons. The quantitative estimate of drug-likeness (QED) is 0.505. The highest BCUT2D eigenvalue weighted by Gasteiger charge is 2.23. The van der Waals surface area contributed by atoms with Gasteiger partial charge in [-0.15, -0.1) is 0 Å². The predicted octanol–water partition coefficient (Wildman–Crippen LogP) is 3.23. The molecule has 0 spiro atoms. The van der Waals surface area contributed by atoms with Gasteiger partial charge in [-0.3, -0.25) is 4.57 Å². The first-order valence-corrected chi connectivity index (χ1v) is 8.24. The summed E-state index contributed by atoms with van der Waals surface area (Å²) in [5.41, 5.74) is 2.91. The van der Waals surface area contributed by atoms with Crippen molar-refractivity contribution in [1.82, 2.24) is 19.5 Å². The normalized spacial score (nSPS) is 15.2. The zero-order chi connectivity index (χ0) is 16.4. The molecule has 3 heterocycles. The molecule has 1 aliphatic heterocycles. The minimum Gasteiger partial charge on any atom is -0.381 e. The van der Waals surface area contributed by atoms with Crippen LogP contribution in [-0.2, 0) is 4.74 Å². The molecular formula is C18H15ClN4O. The summed E-state index contributed by atoms with van der Waals surface area (Å²) < 4.78 is 7.41. The topological polar surface area (TPSA) is 52.8 Å². The van der Waals surface area contributed by atoms with Gasteiger partial charge in [0.2, 0.25) is 5.28 Å². The Kier molecular flexibility index (Phi) is 4.16. The molecule has 1 saturated heterocycles. The monoisotopic (exact) mass is 338 g/mol. The first-order chi connectivity index (χ1) is 11.8. The summed E-state index contributed by atoms with van der Waals surface area (Å²) in [6.45, 7) is 1.46. The molecule has 3 aromatic rings. The fourth-order valence-corrected chi connectivity index (χ4v) is 3.20. The number of fused-ring (bicyclic) bond motifs is 1. The molecule has 0 unspecified atom stereocenters. The van der Waals surface area contributed by atoms with Gasteiger partial charge in [-0.05, 0) is 42.5 Å². The number of ether oxygens (including phenoxy) is 1. The molecule has 0 aliphatic carbocycles. The van der Waals surface area contributed by atoms with Crippen molar-refractivity contribution >= 4 is 22.8 Å². The highest BCUT2D eigenvalue weighted by molar-refractivity contribution is 6.29. The van der Waals surface area contributed by atoms with Crippen LogP contribution in [0.2, 0.25) is 5.28 Å². The summed E-state index contributed by atoms with van der Waals surface area (Å²) in [5.74, 6) is 6.20. The zero-order valence-corrected chi connectivity index (χ0v) is 13.7. The number of halogens is 1. The van der Waals surface area contributed by atoms with Gasteiger partial charge < -0.3 is 4.74 Å². The van der Waals surface area contributed by atoms with E-state index in [1.54, 1.807) is 0 Å². The molecule has 0 bridgehead atoms. The van der Waals surface area contributed by atoms with Crippen molar-refractivity contribution in [3.8, 4) is 11.8 Å². The van der Waals surface area contributed by atoms with Crippen LogP contribution in [0.3, 0.4) is 0 Å². The van der Waals surface area contributed by atoms with E-state index in [0.717, 1.165) is 37.3 Å². The van der Waals surface area contributed by atoms with Crippen molar-refractivity contribution in [2.45, 2.75) is 18.9 Å². The molecule has 1 aliphatic rings. The van der Waals surface area contributed by atoms with Crippen LogP contribution in [0.15, 0.2) is 36.7 Å². The molecule has 0 atom stereocenters. The van der Waals surface area contributed by atoms with Gasteiger partial charge in [0, 0.05) is 24.8 Å². The second kappa shape index (κ2) is 6.60. The molecule has 6 heteroatoms. The Labute approximate surface area is 144 Å². The maximum absolute atomic E-state index is 6.39. The zero-order valence-electron chi connectivity index (χ0n) is 12.9. The average Bonchev–Trinajstić information content (AvgIpc) is 2.98. The maximum Gasteiger partial charge on any atom is 0.205 e. The smallest absolute Gasteiger partial charge is 0.205 e. The molecule has 24 heavy (non-hydrogen) atoms. The Morgan fingerprint density at radius 1 is 1.08 bits per heavy atom. The molecule has 2 aromatic heterocycles. The summed E-state index contributed by atoms with van der Waals surface area (Å²) in [6.07, 6.45) is 3.32. The first-order valence-electron chi connectivity index (χ1n) is 7.86. The van der Waals surface area contributed by atoms with Crippen LogP contribution < -0.4 is 0 Å².